The van der Waals surface area contributed by atoms with Crippen molar-refractivity contribution in [3.8, 4) is 0 Å². The van der Waals surface area contributed by atoms with Gasteiger partial charge in [-0.1, -0.05) is 11.3 Å². The van der Waals surface area contributed by atoms with Crippen LogP contribution < -0.4 is 0 Å². The number of halogens is 1. The van der Waals surface area contributed by atoms with Crippen LogP contribution in [0, 0.1) is 0 Å². The second kappa shape index (κ2) is 5.60. The van der Waals surface area contributed by atoms with E-state index in [2.05, 4.69) is 41.1 Å². The van der Waals surface area contributed by atoms with E-state index >= 15 is 0 Å². The van der Waals surface area contributed by atoms with Crippen LogP contribution in [0.3, 0.4) is 0 Å². The fourth-order valence-corrected chi connectivity index (χ4v) is 1.93. The molecule has 0 saturated carbocycles. The molecule has 0 atom stereocenters. The highest BCUT2D eigenvalue weighted by Gasteiger charge is 2.05. The Morgan fingerprint density at radius 1 is 1.21 bits per heavy atom. The van der Waals surface area contributed by atoms with E-state index in [1.807, 2.05) is 0 Å². The van der Waals surface area contributed by atoms with Gasteiger partial charge in [-0.25, -0.2) is 0 Å². The first-order valence-corrected chi connectivity index (χ1v) is 5.58. The average Bonchev–Trinajstić information content (AvgIpc) is 2.48. The third-order valence-corrected chi connectivity index (χ3v) is 2.78. The quantitative estimate of drug-likeness (QED) is 0.766. The second-order valence-electron chi connectivity index (χ2n) is 3.49. The summed E-state index contributed by atoms with van der Waals surface area (Å²) in [4.78, 5) is 4.36. The molecule has 0 aliphatic heterocycles. The van der Waals surface area contributed by atoms with Crippen molar-refractivity contribution >= 4 is 22.9 Å². The minimum atomic E-state index is 0.515. The van der Waals surface area contributed by atoms with Crippen molar-refractivity contribution in [2.75, 3.05) is 34.2 Å². The molecular formula is C8H15ClN4S. The standard InChI is InChI=1S/C8H15ClN4S/c1-12(2)4-5-13(3)6-7-10-11-8(9)14-7/h4-6H2,1-3H3. The topological polar surface area (TPSA) is 32.3 Å². The molecule has 6 heteroatoms. The van der Waals surface area contributed by atoms with E-state index in [1.54, 1.807) is 0 Å². The van der Waals surface area contributed by atoms with Crippen molar-refractivity contribution < 1.29 is 0 Å². The summed E-state index contributed by atoms with van der Waals surface area (Å²) in [5, 5.41) is 8.69. The number of aromatic nitrogens is 2. The van der Waals surface area contributed by atoms with Crippen LogP contribution in [0.2, 0.25) is 4.47 Å². The number of hydrogen-bond acceptors (Lipinski definition) is 5. The van der Waals surface area contributed by atoms with Gasteiger partial charge >= 0.3 is 0 Å². The zero-order chi connectivity index (χ0) is 10.6. The van der Waals surface area contributed by atoms with E-state index in [-0.39, 0.29) is 0 Å². The fraction of sp³-hybridized carbons (Fsp3) is 0.750. The number of hydrogen-bond donors (Lipinski definition) is 0. The van der Waals surface area contributed by atoms with Crippen molar-refractivity contribution in [1.29, 1.82) is 0 Å². The molecule has 14 heavy (non-hydrogen) atoms. The minimum absolute atomic E-state index is 0.515. The molecule has 0 N–H and O–H groups in total. The molecule has 0 aromatic carbocycles. The molecule has 0 saturated heterocycles. The third kappa shape index (κ3) is 4.32. The van der Waals surface area contributed by atoms with Gasteiger partial charge in [0.05, 0.1) is 6.54 Å². The Hall–Kier alpha value is -0.230. The summed E-state index contributed by atoms with van der Waals surface area (Å²) in [6, 6.07) is 0. The Labute approximate surface area is 93.5 Å². The molecule has 0 aliphatic rings. The lowest BCUT2D eigenvalue weighted by Gasteiger charge is -2.17. The van der Waals surface area contributed by atoms with Crippen molar-refractivity contribution in [3.63, 3.8) is 0 Å². The molecule has 1 heterocycles. The van der Waals surface area contributed by atoms with E-state index in [0.29, 0.717) is 4.47 Å². The van der Waals surface area contributed by atoms with Gasteiger partial charge in [-0.2, -0.15) is 0 Å². The molecule has 0 aliphatic carbocycles. The molecule has 1 rings (SSSR count). The molecule has 1 aromatic heterocycles. The maximum Gasteiger partial charge on any atom is 0.207 e. The lowest BCUT2D eigenvalue weighted by atomic mass is 10.5. The van der Waals surface area contributed by atoms with Gasteiger partial charge in [0.2, 0.25) is 4.47 Å². The Kier molecular flexibility index (Phi) is 4.74. The summed E-state index contributed by atoms with van der Waals surface area (Å²) in [6.07, 6.45) is 0. The van der Waals surface area contributed by atoms with Gasteiger partial charge in [0.25, 0.3) is 0 Å². The van der Waals surface area contributed by atoms with Gasteiger partial charge in [-0.05, 0) is 32.7 Å². The zero-order valence-corrected chi connectivity index (χ0v) is 10.3. The summed E-state index contributed by atoms with van der Waals surface area (Å²) >= 11 is 7.13. The average molecular weight is 235 g/mol. The highest BCUT2D eigenvalue weighted by Crippen LogP contribution is 2.15. The van der Waals surface area contributed by atoms with Crippen LogP contribution in [0.25, 0.3) is 0 Å². The van der Waals surface area contributed by atoms with Gasteiger partial charge in [0.1, 0.15) is 5.01 Å². The molecule has 0 fully saturated rings. The van der Waals surface area contributed by atoms with Gasteiger partial charge in [-0.3, -0.25) is 4.90 Å². The predicted molar refractivity (Wildman–Crippen MR) is 59.8 cm³/mol. The van der Waals surface area contributed by atoms with Crippen LogP contribution >= 0.6 is 22.9 Å². The van der Waals surface area contributed by atoms with Crippen molar-refractivity contribution in [2.24, 2.45) is 0 Å². The van der Waals surface area contributed by atoms with E-state index in [1.165, 1.54) is 11.3 Å². The Bertz CT molecular complexity index is 276. The fourth-order valence-electron chi connectivity index (χ4n) is 0.978. The first kappa shape index (κ1) is 11.8. The Morgan fingerprint density at radius 3 is 2.43 bits per heavy atom. The number of nitrogens with zero attached hydrogens (tertiary/aromatic N) is 4. The van der Waals surface area contributed by atoms with E-state index < -0.39 is 0 Å². The number of likely N-dealkylation sites (N-methyl/N-ethyl adjacent to an activating group) is 2. The molecule has 0 amide bonds. The van der Waals surface area contributed by atoms with Crippen LogP contribution in [0.5, 0.6) is 0 Å². The highest BCUT2D eigenvalue weighted by atomic mass is 35.5. The lowest BCUT2D eigenvalue weighted by molar-refractivity contribution is 0.275. The Balaban J connectivity index is 2.30. The van der Waals surface area contributed by atoms with Crippen LogP contribution in [-0.4, -0.2) is 54.2 Å². The number of rotatable bonds is 5. The van der Waals surface area contributed by atoms with Crippen LogP contribution in [0.4, 0.5) is 0 Å². The smallest absolute Gasteiger partial charge is 0.207 e. The third-order valence-electron chi connectivity index (χ3n) is 1.78. The van der Waals surface area contributed by atoms with Crippen LogP contribution in [0.1, 0.15) is 5.01 Å². The minimum Gasteiger partial charge on any atom is -0.308 e. The maximum absolute atomic E-state index is 5.69. The summed E-state index contributed by atoms with van der Waals surface area (Å²) in [5.41, 5.74) is 0. The lowest BCUT2D eigenvalue weighted by Crippen LogP contribution is -2.28. The van der Waals surface area contributed by atoms with Crippen molar-refractivity contribution in [2.45, 2.75) is 6.54 Å². The molecule has 0 spiro atoms. The normalized spacial score (nSPS) is 11.6. The maximum atomic E-state index is 5.69. The molecule has 0 bridgehead atoms. The van der Waals surface area contributed by atoms with Crippen LogP contribution in [0.15, 0.2) is 0 Å². The largest absolute Gasteiger partial charge is 0.308 e. The van der Waals surface area contributed by atoms with Crippen molar-refractivity contribution in [3.05, 3.63) is 9.47 Å². The SMILES string of the molecule is CN(C)CCN(C)Cc1nnc(Cl)s1. The van der Waals surface area contributed by atoms with E-state index in [4.69, 9.17) is 11.6 Å². The van der Waals surface area contributed by atoms with Gasteiger partial charge in [-0.15, -0.1) is 10.2 Å². The molecule has 4 nitrogen and oxygen atoms in total. The summed E-state index contributed by atoms with van der Waals surface area (Å²) in [5.74, 6) is 0. The Morgan fingerprint density at radius 2 is 1.93 bits per heavy atom. The molecular weight excluding hydrogens is 220 g/mol. The van der Waals surface area contributed by atoms with Gasteiger partial charge < -0.3 is 4.90 Å². The summed E-state index contributed by atoms with van der Waals surface area (Å²) in [6.45, 7) is 2.88. The molecule has 0 radical (unpaired) electrons. The molecule has 1 aromatic rings. The van der Waals surface area contributed by atoms with Gasteiger partial charge in [0, 0.05) is 13.1 Å². The van der Waals surface area contributed by atoms with E-state index in [9.17, 15) is 0 Å². The highest BCUT2D eigenvalue weighted by molar-refractivity contribution is 7.15. The van der Waals surface area contributed by atoms with E-state index in [0.717, 1.165) is 24.6 Å². The predicted octanol–water partition coefficient (Wildman–Crippen LogP) is 1.18. The van der Waals surface area contributed by atoms with Crippen molar-refractivity contribution in [1.82, 2.24) is 20.0 Å². The molecule has 80 valence electrons. The first-order chi connectivity index (χ1) is 6.58. The summed E-state index contributed by atoms with van der Waals surface area (Å²) < 4.78 is 0.515. The zero-order valence-electron chi connectivity index (χ0n) is 8.70. The second-order valence-corrected chi connectivity index (χ2v) is 5.13. The monoisotopic (exact) mass is 234 g/mol. The summed E-state index contributed by atoms with van der Waals surface area (Å²) in [7, 11) is 6.20. The first-order valence-electron chi connectivity index (χ1n) is 4.39. The van der Waals surface area contributed by atoms with Gasteiger partial charge in [0.15, 0.2) is 0 Å². The van der Waals surface area contributed by atoms with Crippen LogP contribution in [-0.2, 0) is 6.54 Å². The molecule has 0 unspecified atom stereocenters.